The van der Waals surface area contributed by atoms with Gasteiger partial charge >= 0.3 is 6.16 Å². The van der Waals surface area contributed by atoms with Crippen LogP contribution in [-0.2, 0) is 4.74 Å². The molecule has 0 fully saturated rings. The third kappa shape index (κ3) is 1.50. The van der Waals surface area contributed by atoms with Crippen LogP contribution in [0, 0.1) is 0 Å². The Bertz CT molecular complexity index is 447. The Morgan fingerprint density at radius 3 is 2.12 bits per heavy atom. The van der Waals surface area contributed by atoms with Crippen LogP contribution < -0.4 is 0 Å². The summed E-state index contributed by atoms with van der Waals surface area (Å²) in [5.74, 6) is -1.08. The number of benzene rings is 1. The van der Waals surface area contributed by atoms with E-state index in [1.54, 1.807) is 12.1 Å². The largest absolute Gasteiger partial charge is 0.507 e. The number of hydrogen-bond donors (Lipinski definition) is 1. The first-order valence-electron chi connectivity index (χ1n) is 4.42. The summed E-state index contributed by atoms with van der Waals surface area (Å²) in [6.45, 7) is -0.582. The molecule has 1 aromatic rings. The minimum absolute atomic E-state index is 0.265. The lowest BCUT2D eigenvalue weighted by molar-refractivity contribution is 0.0306. The molecule has 0 unspecified atom stereocenters. The van der Waals surface area contributed by atoms with E-state index in [0.29, 0.717) is 0 Å². The monoisotopic (exact) mass is 221 g/mol. The molecule has 2 amide bonds. The summed E-state index contributed by atoms with van der Waals surface area (Å²) >= 11 is 0. The molecule has 1 aliphatic rings. The van der Waals surface area contributed by atoms with E-state index in [4.69, 9.17) is 5.11 Å². The molecule has 82 valence electrons. The number of carbonyl (C=O) groups is 3. The summed E-state index contributed by atoms with van der Waals surface area (Å²) in [6, 6.07) is 6.28. The molecule has 1 heterocycles. The van der Waals surface area contributed by atoms with Gasteiger partial charge < -0.3 is 9.84 Å². The number of amides is 2. The van der Waals surface area contributed by atoms with Crippen LogP contribution in [0.4, 0.5) is 4.79 Å². The summed E-state index contributed by atoms with van der Waals surface area (Å²) < 4.78 is 4.20. The Morgan fingerprint density at radius 1 is 1.19 bits per heavy atom. The van der Waals surface area contributed by atoms with Crippen LogP contribution in [0.25, 0.3) is 0 Å². The topological polar surface area (TPSA) is 83.9 Å². The molecular weight excluding hydrogens is 214 g/mol. The molecule has 16 heavy (non-hydrogen) atoms. The normalized spacial score (nSPS) is 13.9. The third-order valence-electron chi connectivity index (χ3n) is 2.20. The zero-order valence-corrected chi connectivity index (χ0v) is 8.04. The fourth-order valence-corrected chi connectivity index (χ4v) is 1.48. The maximum absolute atomic E-state index is 11.7. The van der Waals surface area contributed by atoms with Crippen molar-refractivity contribution in [3.8, 4) is 0 Å². The van der Waals surface area contributed by atoms with Crippen LogP contribution in [0.3, 0.4) is 0 Å². The van der Waals surface area contributed by atoms with E-state index in [1.807, 2.05) is 0 Å². The Hall–Kier alpha value is -2.37. The molecule has 1 aliphatic heterocycles. The fraction of sp³-hybridized carbons (Fsp3) is 0.100. The minimum Gasteiger partial charge on any atom is -0.450 e. The van der Waals surface area contributed by atoms with Crippen molar-refractivity contribution >= 4 is 18.0 Å². The highest BCUT2D eigenvalue weighted by Crippen LogP contribution is 2.21. The van der Waals surface area contributed by atoms with Gasteiger partial charge in [-0.05, 0) is 12.1 Å². The number of rotatable bonds is 2. The standard InChI is InChI=1S/C10H7NO5/c12-8-6-3-1-2-4-7(6)9(13)11(8)5-16-10(14)15/h1-4H,5H2,(H,14,15). The summed E-state index contributed by atoms with van der Waals surface area (Å²) in [6.07, 6.45) is -1.53. The number of nitrogens with zero attached hydrogens (tertiary/aromatic N) is 1. The SMILES string of the molecule is O=C(O)OCN1C(=O)c2ccccc2C1=O. The van der Waals surface area contributed by atoms with E-state index >= 15 is 0 Å². The summed E-state index contributed by atoms with van der Waals surface area (Å²) in [4.78, 5) is 34.2. The van der Waals surface area contributed by atoms with E-state index in [2.05, 4.69) is 4.74 Å². The first-order valence-corrected chi connectivity index (χ1v) is 4.42. The number of ether oxygens (including phenoxy) is 1. The van der Waals surface area contributed by atoms with E-state index in [1.165, 1.54) is 12.1 Å². The van der Waals surface area contributed by atoms with Crippen LogP contribution >= 0.6 is 0 Å². The van der Waals surface area contributed by atoms with E-state index in [0.717, 1.165) is 4.90 Å². The Balaban J connectivity index is 2.25. The molecule has 0 aliphatic carbocycles. The van der Waals surface area contributed by atoms with Crippen molar-refractivity contribution in [1.82, 2.24) is 4.90 Å². The van der Waals surface area contributed by atoms with Gasteiger partial charge in [0.15, 0.2) is 6.73 Å². The quantitative estimate of drug-likeness (QED) is 0.593. The first-order chi connectivity index (χ1) is 7.61. The van der Waals surface area contributed by atoms with Gasteiger partial charge in [-0.25, -0.2) is 9.69 Å². The van der Waals surface area contributed by atoms with Crippen molar-refractivity contribution in [1.29, 1.82) is 0 Å². The Kier molecular flexibility index (Phi) is 2.32. The molecular formula is C10H7NO5. The molecule has 0 saturated heterocycles. The Labute approximate surface area is 90.0 Å². The number of carboxylic acid groups (broad SMARTS) is 1. The van der Waals surface area contributed by atoms with E-state index in [-0.39, 0.29) is 11.1 Å². The smallest absolute Gasteiger partial charge is 0.450 e. The lowest BCUT2D eigenvalue weighted by Crippen LogP contribution is -2.32. The second-order valence-electron chi connectivity index (χ2n) is 3.12. The molecule has 0 atom stereocenters. The molecule has 0 bridgehead atoms. The van der Waals surface area contributed by atoms with Crippen molar-refractivity contribution in [3.05, 3.63) is 35.4 Å². The van der Waals surface area contributed by atoms with Crippen LogP contribution in [0.5, 0.6) is 0 Å². The van der Waals surface area contributed by atoms with Gasteiger partial charge in [0.2, 0.25) is 0 Å². The van der Waals surface area contributed by atoms with Crippen molar-refractivity contribution in [2.45, 2.75) is 0 Å². The van der Waals surface area contributed by atoms with Crippen LogP contribution in [0.2, 0.25) is 0 Å². The Morgan fingerprint density at radius 2 is 1.69 bits per heavy atom. The van der Waals surface area contributed by atoms with E-state index in [9.17, 15) is 14.4 Å². The second kappa shape index (κ2) is 3.65. The molecule has 2 rings (SSSR count). The zero-order chi connectivity index (χ0) is 11.7. The molecule has 0 radical (unpaired) electrons. The lowest BCUT2D eigenvalue weighted by atomic mass is 10.1. The third-order valence-corrected chi connectivity index (χ3v) is 2.20. The minimum atomic E-state index is -1.53. The molecule has 6 heteroatoms. The molecule has 1 aromatic carbocycles. The number of carbonyl (C=O) groups excluding carboxylic acids is 2. The zero-order valence-electron chi connectivity index (χ0n) is 8.04. The van der Waals surface area contributed by atoms with Gasteiger partial charge in [-0.15, -0.1) is 0 Å². The average molecular weight is 221 g/mol. The van der Waals surface area contributed by atoms with Gasteiger partial charge in [0.1, 0.15) is 0 Å². The van der Waals surface area contributed by atoms with Crippen molar-refractivity contribution in [2.75, 3.05) is 6.73 Å². The van der Waals surface area contributed by atoms with Crippen LogP contribution in [0.15, 0.2) is 24.3 Å². The van der Waals surface area contributed by atoms with Gasteiger partial charge in [0.25, 0.3) is 11.8 Å². The van der Waals surface area contributed by atoms with Crippen molar-refractivity contribution in [2.24, 2.45) is 0 Å². The molecule has 0 aromatic heterocycles. The number of hydrogen-bond acceptors (Lipinski definition) is 4. The predicted octanol–water partition coefficient (Wildman–Crippen LogP) is 0.935. The van der Waals surface area contributed by atoms with Crippen molar-refractivity contribution < 1.29 is 24.2 Å². The van der Waals surface area contributed by atoms with Crippen LogP contribution in [0.1, 0.15) is 20.7 Å². The van der Waals surface area contributed by atoms with Crippen LogP contribution in [-0.4, -0.2) is 34.7 Å². The number of imide groups is 1. The predicted molar refractivity (Wildman–Crippen MR) is 50.9 cm³/mol. The van der Waals surface area contributed by atoms with Gasteiger partial charge in [0.05, 0.1) is 11.1 Å². The first kappa shape index (κ1) is 10.2. The average Bonchev–Trinajstić information content (AvgIpc) is 2.50. The van der Waals surface area contributed by atoms with Gasteiger partial charge in [-0.1, -0.05) is 12.1 Å². The fourth-order valence-electron chi connectivity index (χ4n) is 1.48. The maximum Gasteiger partial charge on any atom is 0.507 e. The molecule has 0 spiro atoms. The molecule has 6 nitrogen and oxygen atoms in total. The second-order valence-corrected chi connectivity index (χ2v) is 3.12. The van der Waals surface area contributed by atoms with Crippen molar-refractivity contribution in [3.63, 3.8) is 0 Å². The van der Waals surface area contributed by atoms with Gasteiger partial charge in [-0.2, -0.15) is 0 Å². The highest BCUT2D eigenvalue weighted by molar-refractivity contribution is 6.21. The lowest BCUT2D eigenvalue weighted by Gasteiger charge is -2.11. The summed E-state index contributed by atoms with van der Waals surface area (Å²) in [5.41, 5.74) is 0.531. The molecule has 1 N–H and O–H groups in total. The van der Waals surface area contributed by atoms with E-state index < -0.39 is 24.7 Å². The number of fused-ring (bicyclic) bond motifs is 1. The summed E-state index contributed by atoms with van der Waals surface area (Å²) in [5, 5.41) is 8.29. The summed E-state index contributed by atoms with van der Waals surface area (Å²) in [7, 11) is 0. The maximum atomic E-state index is 11.7. The highest BCUT2D eigenvalue weighted by Gasteiger charge is 2.35. The van der Waals surface area contributed by atoms with Gasteiger partial charge in [0, 0.05) is 0 Å². The van der Waals surface area contributed by atoms with Gasteiger partial charge in [-0.3, -0.25) is 9.59 Å². The molecule has 0 saturated carbocycles. The highest BCUT2D eigenvalue weighted by atomic mass is 16.7.